The van der Waals surface area contributed by atoms with Crippen LogP contribution in [0.5, 0.6) is 5.75 Å². The van der Waals surface area contributed by atoms with Crippen LogP contribution in [0.3, 0.4) is 0 Å². The number of unbranched alkanes of at least 4 members (excludes halogenated alkanes) is 1. The Hall–Kier alpha value is -1.96. The quantitative estimate of drug-likeness (QED) is 0.654. The van der Waals surface area contributed by atoms with Gasteiger partial charge in [0.25, 0.3) is 0 Å². The fourth-order valence-electron chi connectivity index (χ4n) is 2.42. The Balaban J connectivity index is 1.96. The van der Waals surface area contributed by atoms with E-state index in [0.717, 1.165) is 31.6 Å². The summed E-state index contributed by atoms with van der Waals surface area (Å²) >= 11 is 0. The Morgan fingerprint density at radius 1 is 0.909 bits per heavy atom. The highest BCUT2D eigenvalue weighted by molar-refractivity contribution is 5.46. The van der Waals surface area contributed by atoms with Gasteiger partial charge < -0.3 is 9.64 Å². The Labute approximate surface area is 134 Å². The van der Waals surface area contributed by atoms with Crippen molar-refractivity contribution in [2.24, 2.45) is 0 Å². The second kappa shape index (κ2) is 8.47. The van der Waals surface area contributed by atoms with E-state index in [2.05, 4.69) is 74.4 Å². The first-order chi connectivity index (χ1) is 10.7. The van der Waals surface area contributed by atoms with Gasteiger partial charge in [-0.05, 0) is 48.6 Å². The number of anilines is 1. The molecule has 0 atom stereocenters. The molecule has 118 valence electrons. The second-order valence-corrected chi connectivity index (χ2v) is 5.87. The van der Waals surface area contributed by atoms with Gasteiger partial charge in [0, 0.05) is 19.8 Å². The van der Waals surface area contributed by atoms with Gasteiger partial charge >= 0.3 is 0 Å². The first-order valence-corrected chi connectivity index (χ1v) is 8.17. The Morgan fingerprint density at radius 2 is 1.64 bits per heavy atom. The van der Waals surface area contributed by atoms with Crippen LogP contribution in [0.15, 0.2) is 48.5 Å². The minimum atomic E-state index is 0.811. The van der Waals surface area contributed by atoms with Gasteiger partial charge in [-0.15, -0.1) is 0 Å². The number of ether oxygens (including phenoxy) is 1. The topological polar surface area (TPSA) is 12.5 Å². The fraction of sp³-hybridized carbons (Fsp3) is 0.400. The molecule has 0 aliphatic heterocycles. The summed E-state index contributed by atoms with van der Waals surface area (Å²) in [7, 11) is 4.14. The lowest BCUT2D eigenvalue weighted by Crippen LogP contribution is -2.08. The van der Waals surface area contributed by atoms with Gasteiger partial charge in [-0.25, -0.2) is 0 Å². The highest BCUT2D eigenvalue weighted by Crippen LogP contribution is 2.21. The van der Waals surface area contributed by atoms with E-state index in [-0.39, 0.29) is 0 Å². The predicted octanol–water partition coefficient (Wildman–Crippen LogP) is 4.72. The van der Waals surface area contributed by atoms with Gasteiger partial charge in [0.15, 0.2) is 0 Å². The zero-order valence-electron chi connectivity index (χ0n) is 14.0. The van der Waals surface area contributed by atoms with E-state index in [4.69, 9.17) is 4.74 Å². The highest BCUT2D eigenvalue weighted by atomic mass is 16.5. The zero-order chi connectivity index (χ0) is 15.8. The summed E-state index contributed by atoms with van der Waals surface area (Å²) in [6, 6.07) is 17.2. The molecule has 0 aliphatic rings. The van der Waals surface area contributed by atoms with Gasteiger partial charge in [0.05, 0.1) is 6.61 Å². The molecule has 2 aromatic carbocycles. The van der Waals surface area contributed by atoms with Crippen molar-refractivity contribution in [2.75, 3.05) is 25.6 Å². The number of aryl methyl sites for hydroxylation is 2. The van der Waals surface area contributed by atoms with Gasteiger partial charge in [0.2, 0.25) is 0 Å². The van der Waals surface area contributed by atoms with Crippen LogP contribution in [0.1, 0.15) is 30.9 Å². The maximum atomic E-state index is 5.91. The summed E-state index contributed by atoms with van der Waals surface area (Å²) in [6.45, 7) is 3.00. The Kier molecular flexibility index (Phi) is 6.32. The fourth-order valence-corrected chi connectivity index (χ4v) is 2.42. The summed E-state index contributed by atoms with van der Waals surface area (Å²) < 4.78 is 5.91. The van der Waals surface area contributed by atoms with Crippen LogP contribution in [0.25, 0.3) is 0 Å². The molecular weight excluding hydrogens is 270 g/mol. The van der Waals surface area contributed by atoms with Gasteiger partial charge in [0.1, 0.15) is 5.75 Å². The van der Waals surface area contributed by atoms with E-state index >= 15 is 0 Å². The number of para-hydroxylation sites is 1. The third-order valence-electron chi connectivity index (χ3n) is 3.86. The van der Waals surface area contributed by atoms with Gasteiger partial charge in [-0.2, -0.15) is 0 Å². The minimum absolute atomic E-state index is 0.811. The normalized spacial score (nSPS) is 10.5. The smallest absolute Gasteiger partial charge is 0.122 e. The molecule has 22 heavy (non-hydrogen) atoms. The molecule has 0 heterocycles. The van der Waals surface area contributed by atoms with Crippen molar-refractivity contribution in [3.63, 3.8) is 0 Å². The Morgan fingerprint density at radius 3 is 2.32 bits per heavy atom. The summed E-state index contributed by atoms with van der Waals surface area (Å²) in [5.74, 6) is 1.04. The lowest BCUT2D eigenvalue weighted by Gasteiger charge is -2.13. The molecule has 0 radical (unpaired) electrons. The molecule has 0 aromatic heterocycles. The largest absolute Gasteiger partial charge is 0.493 e. The van der Waals surface area contributed by atoms with Crippen molar-refractivity contribution in [2.45, 2.75) is 32.6 Å². The number of nitrogens with zero attached hydrogens (tertiary/aromatic N) is 1. The molecular formula is C20H27NO. The molecule has 0 bridgehead atoms. The van der Waals surface area contributed by atoms with E-state index in [0.29, 0.717) is 0 Å². The van der Waals surface area contributed by atoms with Crippen LogP contribution in [0.4, 0.5) is 5.69 Å². The third kappa shape index (κ3) is 4.80. The van der Waals surface area contributed by atoms with Crippen LogP contribution in [0.2, 0.25) is 0 Å². The second-order valence-electron chi connectivity index (χ2n) is 5.87. The van der Waals surface area contributed by atoms with E-state index in [1.807, 2.05) is 0 Å². The summed E-state index contributed by atoms with van der Waals surface area (Å²) in [4.78, 5) is 2.13. The first-order valence-electron chi connectivity index (χ1n) is 8.17. The highest BCUT2D eigenvalue weighted by Gasteiger charge is 2.04. The molecule has 0 amide bonds. The lowest BCUT2D eigenvalue weighted by atomic mass is 10.0. The molecule has 0 saturated heterocycles. The molecule has 2 rings (SSSR count). The van der Waals surface area contributed by atoms with Crippen LogP contribution >= 0.6 is 0 Å². The number of benzene rings is 2. The van der Waals surface area contributed by atoms with Crippen molar-refractivity contribution in [1.29, 1.82) is 0 Å². The minimum Gasteiger partial charge on any atom is -0.493 e. The van der Waals surface area contributed by atoms with Crippen molar-refractivity contribution in [1.82, 2.24) is 0 Å². The maximum Gasteiger partial charge on any atom is 0.122 e. The third-order valence-corrected chi connectivity index (χ3v) is 3.86. The standard InChI is InChI=1S/C20H27NO/c1-4-5-16-22-20-9-7-6-8-18(20)13-10-17-11-14-19(15-12-17)21(2)3/h6-9,11-12,14-15H,4-5,10,13,16H2,1-3H3. The van der Waals surface area contributed by atoms with Crippen molar-refractivity contribution < 1.29 is 4.74 Å². The molecule has 0 fully saturated rings. The summed E-state index contributed by atoms with van der Waals surface area (Å²) in [5, 5.41) is 0. The molecule has 0 N–H and O–H groups in total. The Bertz CT molecular complexity index is 560. The van der Waals surface area contributed by atoms with E-state index < -0.39 is 0 Å². The van der Waals surface area contributed by atoms with Crippen molar-refractivity contribution >= 4 is 5.69 Å². The molecule has 0 aliphatic carbocycles. The van der Waals surface area contributed by atoms with E-state index in [1.165, 1.54) is 23.2 Å². The molecule has 0 saturated carbocycles. The van der Waals surface area contributed by atoms with Crippen molar-refractivity contribution in [3.8, 4) is 5.75 Å². The predicted molar refractivity (Wildman–Crippen MR) is 95.0 cm³/mol. The maximum absolute atomic E-state index is 5.91. The molecule has 0 spiro atoms. The molecule has 0 unspecified atom stereocenters. The zero-order valence-corrected chi connectivity index (χ0v) is 14.0. The monoisotopic (exact) mass is 297 g/mol. The van der Waals surface area contributed by atoms with Crippen LogP contribution in [0, 0.1) is 0 Å². The van der Waals surface area contributed by atoms with Gasteiger partial charge in [-0.1, -0.05) is 43.7 Å². The average molecular weight is 297 g/mol. The van der Waals surface area contributed by atoms with Crippen LogP contribution in [-0.2, 0) is 12.8 Å². The van der Waals surface area contributed by atoms with Crippen LogP contribution < -0.4 is 9.64 Å². The summed E-state index contributed by atoms with van der Waals surface area (Å²) in [6.07, 6.45) is 4.34. The van der Waals surface area contributed by atoms with E-state index in [9.17, 15) is 0 Å². The number of rotatable bonds is 8. The lowest BCUT2D eigenvalue weighted by molar-refractivity contribution is 0.306. The first kappa shape index (κ1) is 16.4. The number of hydrogen-bond acceptors (Lipinski definition) is 2. The molecule has 2 heteroatoms. The van der Waals surface area contributed by atoms with Crippen molar-refractivity contribution in [3.05, 3.63) is 59.7 Å². The van der Waals surface area contributed by atoms with Crippen LogP contribution in [-0.4, -0.2) is 20.7 Å². The SMILES string of the molecule is CCCCOc1ccccc1CCc1ccc(N(C)C)cc1. The number of hydrogen-bond donors (Lipinski definition) is 0. The molecule has 2 nitrogen and oxygen atoms in total. The molecule has 2 aromatic rings. The van der Waals surface area contributed by atoms with E-state index in [1.54, 1.807) is 0 Å². The average Bonchev–Trinajstić information content (AvgIpc) is 2.54. The summed E-state index contributed by atoms with van der Waals surface area (Å²) in [5.41, 5.74) is 3.91. The van der Waals surface area contributed by atoms with Gasteiger partial charge in [-0.3, -0.25) is 0 Å².